The SMILES string of the molecule is CC[C@@H](C(=O)NNc1cnccn1)c1cccc(C(F)(F)F)c1. The van der Waals surface area contributed by atoms with Crippen LogP contribution in [-0.4, -0.2) is 15.9 Å². The van der Waals surface area contributed by atoms with E-state index in [0.717, 1.165) is 12.1 Å². The molecule has 8 heteroatoms. The van der Waals surface area contributed by atoms with Gasteiger partial charge in [0.25, 0.3) is 0 Å². The van der Waals surface area contributed by atoms with Gasteiger partial charge in [0.1, 0.15) is 0 Å². The fraction of sp³-hybridized carbons (Fsp3) is 0.267. The van der Waals surface area contributed by atoms with Crippen molar-refractivity contribution in [3.8, 4) is 0 Å². The third-order valence-corrected chi connectivity index (χ3v) is 3.22. The van der Waals surface area contributed by atoms with Crippen molar-refractivity contribution in [3.63, 3.8) is 0 Å². The Balaban J connectivity index is 2.11. The minimum absolute atomic E-state index is 0.306. The quantitative estimate of drug-likeness (QED) is 0.829. The summed E-state index contributed by atoms with van der Waals surface area (Å²) in [6.45, 7) is 1.73. The number of nitrogens with one attached hydrogen (secondary N) is 2. The number of halogens is 3. The summed E-state index contributed by atoms with van der Waals surface area (Å²) >= 11 is 0. The first-order valence-electron chi connectivity index (χ1n) is 6.91. The zero-order chi connectivity index (χ0) is 16.9. The molecule has 23 heavy (non-hydrogen) atoms. The van der Waals surface area contributed by atoms with Crippen LogP contribution in [0.5, 0.6) is 0 Å². The summed E-state index contributed by atoms with van der Waals surface area (Å²) in [5, 5.41) is 0. The molecule has 0 aliphatic heterocycles. The van der Waals surface area contributed by atoms with Gasteiger partial charge in [0.05, 0.1) is 17.7 Å². The Labute approximate surface area is 130 Å². The fourth-order valence-electron chi connectivity index (χ4n) is 2.08. The van der Waals surface area contributed by atoms with E-state index in [-0.39, 0.29) is 0 Å². The number of nitrogens with zero attached hydrogens (tertiary/aromatic N) is 2. The summed E-state index contributed by atoms with van der Waals surface area (Å²) in [5.41, 5.74) is 4.54. The molecule has 0 aliphatic rings. The third kappa shape index (κ3) is 4.41. The number of hydrazine groups is 1. The molecule has 0 unspecified atom stereocenters. The first-order valence-corrected chi connectivity index (χ1v) is 6.91. The van der Waals surface area contributed by atoms with Crippen LogP contribution in [0.2, 0.25) is 0 Å². The number of carbonyl (C=O) groups is 1. The number of alkyl halides is 3. The molecule has 0 spiro atoms. The molecule has 1 amide bonds. The molecule has 2 aromatic rings. The molecule has 1 aromatic carbocycles. The zero-order valence-corrected chi connectivity index (χ0v) is 12.3. The number of aromatic nitrogens is 2. The van der Waals surface area contributed by atoms with Crippen molar-refractivity contribution in [2.45, 2.75) is 25.4 Å². The highest BCUT2D eigenvalue weighted by molar-refractivity contribution is 5.84. The van der Waals surface area contributed by atoms with Crippen molar-refractivity contribution in [1.29, 1.82) is 0 Å². The van der Waals surface area contributed by atoms with Crippen LogP contribution in [0.15, 0.2) is 42.9 Å². The van der Waals surface area contributed by atoms with Gasteiger partial charge in [-0.15, -0.1) is 0 Å². The summed E-state index contributed by atoms with van der Waals surface area (Å²) in [4.78, 5) is 19.9. The largest absolute Gasteiger partial charge is 0.416 e. The fourth-order valence-corrected chi connectivity index (χ4v) is 2.08. The monoisotopic (exact) mass is 324 g/mol. The van der Waals surface area contributed by atoms with Crippen LogP contribution in [-0.2, 0) is 11.0 Å². The molecule has 1 aromatic heterocycles. The molecule has 2 rings (SSSR count). The Morgan fingerprint density at radius 3 is 2.70 bits per heavy atom. The Kier molecular flexibility index (Phi) is 5.15. The van der Waals surface area contributed by atoms with Gasteiger partial charge in [-0.1, -0.05) is 25.1 Å². The molecular formula is C15H15F3N4O. The molecule has 122 valence electrons. The van der Waals surface area contributed by atoms with Crippen LogP contribution in [0.4, 0.5) is 19.0 Å². The van der Waals surface area contributed by atoms with Crippen LogP contribution in [0.25, 0.3) is 0 Å². The van der Waals surface area contributed by atoms with Gasteiger partial charge in [-0.3, -0.25) is 20.6 Å². The van der Waals surface area contributed by atoms with Gasteiger partial charge >= 0.3 is 6.18 Å². The van der Waals surface area contributed by atoms with Crippen LogP contribution in [0.3, 0.4) is 0 Å². The van der Waals surface area contributed by atoms with Crippen LogP contribution >= 0.6 is 0 Å². The first-order chi connectivity index (χ1) is 10.9. The van der Waals surface area contributed by atoms with E-state index in [1.165, 1.54) is 30.7 Å². The number of anilines is 1. The third-order valence-electron chi connectivity index (χ3n) is 3.22. The van der Waals surface area contributed by atoms with Crippen molar-refractivity contribution in [2.75, 3.05) is 5.43 Å². The molecule has 1 atom stereocenters. The molecular weight excluding hydrogens is 309 g/mol. The first kappa shape index (κ1) is 16.7. The van der Waals surface area contributed by atoms with E-state index in [4.69, 9.17) is 0 Å². The van der Waals surface area contributed by atoms with E-state index in [1.54, 1.807) is 6.92 Å². The van der Waals surface area contributed by atoms with Crippen molar-refractivity contribution >= 4 is 11.7 Å². The van der Waals surface area contributed by atoms with E-state index >= 15 is 0 Å². The Morgan fingerprint density at radius 2 is 2.09 bits per heavy atom. The number of hydrogen-bond acceptors (Lipinski definition) is 4. The second-order valence-electron chi connectivity index (χ2n) is 4.79. The minimum Gasteiger partial charge on any atom is -0.281 e. The minimum atomic E-state index is -4.44. The second-order valence-corrected chi connectivity index (χ2v) is 4.79. The second kappa shape index (κ2) is 7.08. The molecule has 0 bridgehead atoms. The average Bonchev–Trinajstić information content (AvgIpc) is 2.54. The van der Waals surface area contributed by atoms with E-state index in [1.807, 2.05) is 0 Å². The topological polar surface area (TPSA) is 66.9 Å². The number of hydrogen-bond donors (Lipinski definition) is 2. The maximum atomic E-state index is 12.8. The number of amides is 1. The van der Waals surface area contributed by atoms with E-state index < -0.39 is 23.6 Å². The number of benzene rings is 1. The van der Waals surface area contributed by atoms with Gasteiger partial charge in [0.2, 0.25) is 5.91 Å². The molecule has 0 saturated heterocycles. The smallest absolute Gasteiger partial charge is 0.281 e. The van der Waals surface area contributed by atoms with Gasteiger partial charge in [0.15, 0.2) is 5.82 Å². The number of rotatable bonds is 5. The zero-order valence-electron chi connectivity index (χ0n) is 12.3. The van der Waals surface area contributed by atoms with Gasteiger partial charge in [0, 0.05) is 12.4 Å². The maximum absolute atomic E-state index is 12.8. The highest BCUT2D eigenvalue weighted by Gasteiger charge is 2.31. The van der Waals surface area contributed by atoms with E-state index in [2.05, 4.69) is 20.8 Å². The highest BCUT2D eigenvalue weighted by atomic mass is 19.4. The van der Waals surface area contributed by atoms with E-state index in [0.29, 0.717) is 17.8 Å². The van der Waals surface area contributed by atoms with Crippen LogP contribution < -0.4 is 10.9 Å². The molecule has 0 saturated carbocycles. The molecule has 1 heterocycles. The molecule has 0 radical (unpaired) electrons. The molecule has 5 nitrogen and oxygen atoms in total. The lowest BCUT2D eigenvalue weighted by molar-refractivity contribution is -0.137. The Morgan fingerprint density at radius 1 is 1.30 bits per heavy atom. The normalized spacial score (nSPS) is 12.5. The van der Waals surface area contributed by atoms with Gasteiger partial charge < -0.3 is 0 Å². The van der Waals surface area contributed by atoms with Crippen molar-refractivity contribution in [1.82, 2.24) is 15.4 Å². The highest BCUT2D eigenvalue weighted by Crippen LogP contribution is 2.31. The predicted octanol–water partition coefficient (Wildman–Crippen LogP) is 3.13. The summed E-state index contributed by atoms with van der Waals surface area (Å²) in [6.07, 6.45) is 0.243. The van der Waals surface area contributed by atoms with Crippen LogP contribution in [0, 0.1) is 0 Å². The Hall–Kier alpha value is -2.64. The lowest BCUT2D eigenvalue weighted by atomic mass is 9.94. The molecule has 0 fully saturated rings. The van der Waals surface area contributed by atoms with Crippen molar-refractivity contribution in [3.05, 3.63) is 54.0 Å². The summed E-state index contributed by atoms with van der Waals surface area (Å²) in [6, 6.07) is 4.78. The summed E-state index contributed by atoms with van der Waals surface area (Å²) in [5.74, 6) is -0.821. The van der Waals surface area contributed by atoms with Gasteiger partial charge in [-0.05, 0) is 18.1 Å². The Bertz CT molecular complexity index is 661. The molecule has 2 N–H and O–H groups in total. The average molecular weight is 324 g/mol. The van der Waals surface area contributed by atoms with Crippen molar-refractivity contribution < 1.29 is 18.0 Å². The van der Waals surface area contributed by atoms with Crippen molar-refractivity contribution in [2.24, 2.45) is 0 Å². The number of carbonyl (C=O) groups excluding carboxylic acids is 1. The predicted molar refractivity (Wildman–Crippen MR) is 78.3 cm³/mol. The van der Waals surface area contributed by atoms with E-state index in [9.17, 15) is 18.0 Å². The lowest BCUT2D eigenvalue weighted by Gasteiger charge is -2.17. The lowest BCUT2D eigenvalue weighted by Crippen LogP contribution is -2.34. The molecule has 0 aliphatic carbocycles. The summed E-state index contributed by atoms with van der Waals surface area (Å²) < 4.78 is 38.3. The van der Waals surface area contributed by atoms with Crippen LogP contribution in [0.1, 0.15) is 30.4 Å². The van der Waals surface area contributed by atoms with Gasteiger partial charge in [-0.25, -0.2) is 4.98 Å². The summed E-state index contributed by atoms with van der Waals surface area (Å²) in [7, 11) is 0. The van der Waals surface area contributed by atoms with Gasteiger partial charge in [-0.2, -0.15) is 13.2 Å². The standard InChI is InChI=1S/C15H15F3N4O/c1-2-12(10-4-3-5-11(8-10)15(16,17)18)14(23)22-21-13-9-19-6-7-20-13/h3-9,12H,2H2,1H3,(H,20,21)(H,22,23)/t12-/m1/s1. The maximum Gasteiger partial charge on any atom is 0.416 e.